The van der Waals surface area contributed by atoms with E-state index in [1.807, 2.05) is 32.9 Å². The van der Waals surface area contributed by atoms with Crippen molar-refractivity contribution in [3.63, 3.8) is 0 Å². The molecule has 0 spiro atoms. The smallest absolute Gasteiger partial charge is 0.233 e. The van der Waals surface area contributed by atoms with Crippen LogP contribution in [-0.4, -0.2) is 15.4 Å². The van der Waals surface area contributed by atoms with E-state index in [1.54, 1.807) is 0 Å². The maximum Gasteiger partial charge on any atom is 0.233 e. The molecule has 114 valence electrons. The van der Waals surface area contributed by atoms with Gasteiger partial charge < -0.3 is 9.84 Å². The lowest BCUT2D eigenvalue weighted by molar-refractivity contribution is 0.428. The summed E-state index contributed by atoms with van der Waals surface area (Å²) in [6.45, 7) is 5.75. The number of allylic oxidation sites excluding steroid dienone is 2. The molecule has 3 heterocycles. The summed E-state index contributed by atoms with van der Waals surface area (Å²) >= 11 is 0. The van der Waals surface area contributed by atoms with Crippen molar-refractivity contribution >= 4 is 16.8 Å². The van der Waals surface area contributed by atoms with E-state index in [1.165, 1.54) is 0 Å². The van der Waals surface area contributed by atoms with Crippen LogP contribution in [0.3, 0.4) is 0 Å². The number of rotatable bonds is 1. The molecule has 0 radical (unpaired) electrons. The average Bonchev–Trinajstić information content (AvgIpc) is 3.09. The summed E-state index contributed by atoms with van der Waals surface area (Å²) < 4.78 is 5.37. The van der Waals surface area contributed by atoms with E-state index in [4.69, 9.17) is 4.52 Å². The van der Waals surface area contributed by atoms with Gasteiger partial charge in [-0.25, -0.2) is 0 Å². The number of nitrogens with one attached hydrogen (secondary N) is 2. The number of anilines is 1. The zero-order chi connectivity index (χ0) is 16.1. The molecule has 3 aromatic rings. The SMILES string of the molecule is CC1=C(C#N)C(c2ccc3[nH]nc(C)c3c2)c2c(C)noc2N1. The Hall–Kier alpha value is -3.07. The Morgan fingerprint density at radius 2 is 2.04 bits per heavy atom. The average molecular weight is 305 g/mol. The first-order valence-electron chi connectivity index (χ1n) is 7.39. The largest absolute Gasteiger partial charge is 0.338 e. The molecule has 1 aromatic carbocycles. The number of aromatic nitrogens is 3. The van der Waals surface area contributed by atoms with Crippen LogP contribution < -0.4 is 5.32 Å². The molecule has 0 saturated heterocycles. The van der Waals surface area contributed by atoms with Gasteiger partial charge in [-0.3, -0.25) is 5.10 Å². The molecule has 6 heteroatoms. The van der Waals surface area contributed by atoms with E-state index in [0.29, 0.717) is 11.5 Å². The highest BCUT2D eigenvalue weighted by Gasteiger charge is 2.33. The molecular weight excluding hydrogens is 290 g/mol. The summed E-state index contributed by atoms with van der Waals surface area (Å²) in [6, 6.07) is 8.45. The van der Waals surface area contributed by atoms with Crippen LogP contribution in [0.1, 0.15) is 35.4 Å². The lowest BCUT2D eigenvalue weighted by Crippen LogP contribution is -2.16. The summed E-state index contributed by atoms with van der Waals surface area (Å²) in [7, 11) is 0. The molecule has 1 aliphatic heterocycles. The predicted molar refractivity (Wildman–Crippen MR) is 85.8 cm³/mol. The van der Waals surface area contributed by atoms with Crippen molar-refractivity contribution in [1.82, 2.24) is 15.4 Å². The van der Waals surface area contributed by atoms with Crippen LogP contribution in [0.2, 0.25) is 0 Å². The number of hydrogen-bond acceptors (Lipinski definition) is 5. The Morgan fingerprint density at radius 3 is 2.83 bits per heavy atom. The Balaban J connectivity index is 1.98. The second-order valence-electron chi connectivity index (χ2n) is 5.83. The van der Waals surface area contributed by atoms with E-state index in [0.717, 1.165) is 39.1 Å². The van der Waals surface area contributed by atoms with Crippen LogP contribution in [0.5, 0.6) is 0 Å². The fourth-order valence-electron chi connectivity index (χ4n) is 3.23. The van der Waals surface area contributed by atoms with Crippen molar-refractivity contribution in [3.05, 3.63) is 52.0 Å². The molecule has 0 fully saturated rings. The molecule has 2 N–H and O–H groups in total. The molecule has 1 atom stereocenters. The minimum atomic E-state index is -0.179. The van der Waals surface area contributed by atoms with Gasteiger partial charge in [0.15, 0.2) is 0 Å². The zero-order valence-corrected chi connectivity index (χ0v) is 13.1. The third-order valence-corrected chi connectivity index (χ3v) is 4.42. The van der Waals surface area contributed by atoms with Crippen LogP contribution >= 0.6 is 0 Å². The van der Waals surface area contributed by atoms with Crippen molar-refractivity contribution in [2.75, 3.05) is 5.32 Å². The maximum atomic E-state index is 9.66. The van der Waals surface area contributed by atoms with Crippen molar-refractivity contribution in [3.8, 4) is 6.07 Å². The van der Waals surface area contributed by atoms with E-state index >= 15 is 0 Å². The third-order valence-electron chi connectivity index (χ3n) is 4.42. The predicted octanol–water partition coefficient (Wildman–Crippen LogP) is 3.52. The molecule has 6 nitrogen and oxygen atoms in total. The molecule has 0 aliphatic carbocycles. The van der Waals surface area contributed by atoms with Crippen LogP contribution in [0.15, 0.2) is 34.0 Å². The minimum Gasteiger partial charge on any atom is -0.338 e. The summed E-state index contributed by atoms with van der Waals surface area (Å²) in [4.78, 5) is 0. The van der Waals surface area contributed by atoms with Gasteiger partial charge in [0.1, 0.15) is 0 Å². The molecular formula is C17H15N5O. The number of nitriles is 1. The maximum absolute atomic E-state index is 9.66. The molecule has 0 amide bonds. The highest BCUT2D eigenvalue weighted by atomic mass is 16.5. The van der Waals surface area contributed by atoms with Crippen molar-refractivity contribution in [2.45, 2.75) is 26.7 Å². The molecule has 0 saturated carbocycles. The second-order valence-corrected chi connectivity index (χ2v) is 5.83. The van der Waals surface area contributed by atoms with Crippen LogP contribution in [0.4, 0.5) is 5.88 Å². The number of fused-ring (bicyclic) bond motifs is 2. The van der Waals surface area contributed by atoms with Gasteiger partial charge in [-0.1, -0.05) is 11.2 Å². The number of benzene rings is 1. The molecule has 0 bridgehead atoms. The van der Waals surface area contributed by atoms with Crippen LogP contribution in [-0.2, 0) is 0 Å². The quantitative estimate of drug-likeness (QED) is 0.717. The number of nitrogens with zero attached hydrogens (tertiary/aromatic N) is 3. The van der Waals surface area contributed by atoms with E-state index in [2.05, 4.69) is 32.8 Å². The molecule has 23 heavy (non-hydrogen) atoms. The highest BCUT2D eigenvalue weighted by molar-refractivity contribution is 5.82. The van der Waals surface area contributed by atoms with Gasteiger partial charge in [-0.05, 0) is 38.5 Å². The Morgan fingerprint density at radius 1 is 1.22 bits per heavy atom. The van der Waals surface area contributed by atoms with Crippen molar-refractivity contribution < 1.29 is 4.52 Å². The van der Waals surface area contributed by atoms with E-state index in [9.17, 15) is 5.26 Å². The van der Waals surface area contributed by atoms with Crippen molar-refractivity contribution in [1.29, 1.82) is 5.26 Å². The third kappa shape index (κ3) is 1.87. The standard InChI is InChI=1S/C17H15N5O/c1-8-13(7-18)16(15-10(3)22-23-17(15)19-8)11-4-5-14-12(6-11)9(2)20-21-14/h4-6,16,19H,1-3H3,(H,20,21). The van der Waals surface area contributed by atoms with E-state index in [-0.39, 0.29) is 5.92 Å². The molecule has 2 aromatic heterocycles. The van der Waals surface area contributed by atoms with Gasteiger partial charge in [0, 0.05) is 11.1 Å². The van der Waals surface area contributed by atoms with Gasteiger partial charge >= 0.3 is 0 Å². The number of aryl methyl sites for hydroxylation is 2. The van der Waals surface area contributed by atoms with Gasteiger partial charge in [0.2, 0.25) is 5.88 Å². The summed E-state index contributed by atoms with van der Waals surface area (Å²) in [5.74, 6) is 0.439. The Bertz CT molecular complexity index is 1000. The number of hydrogen-bond donors (Lipinski definition) is 2. The van der Waals surface area contributed by atoms with Crippen LogP contribution in [0, 0.1) is 25.2 Å². The van der Waals surface area contributed by atoms with Crippen molar-refractivity contribution in [2.24, 2.45) is 0 Å². The zero-order valence-electron chi connectivity index (χ0n) is 13.1. The molecule has 1 unspecified atom stereocenters. The first-order chi connectivity index (χ1) is 11.1. The Labute approximate surface area is 132 Å². The topological polar surface area (TPSA) is 90.5 Å². The first kappa shape index (κ1) is 13.6. The first-order valence-corrected chi connectivity index (χ1v) is 7.39. The van der Waals surface area contributed by atoms with E-state index < -0.39 is 0 Å². The van der Waals surface area contributed by atoms with Gasteiger partial charge in [0.05, 0.1) is 40.0 Å². The van der Waals surface area contributed by atoms with Crippen LogP contribution in [0.25, 0.3) is 10.9 Å². The minimum absolute atomic E-state index is 0.179. The van der Waals surface area contributed by atoms with Gasteiger partial charge in [0.25, 0.3) is 0 Å². The fourth-order valence-corrected chi connectivity index (χ4v) is 3.23. The second kappa shape index (κ2) is 4.71. The summed E-state index contributed by atoms with van der Waals surface area (Å²) in [5, 5.41) is 25.2. The summed E-state index contributed by atoms with van der Waals surface area (Å²) in [5.41, 5.74) is 6.16. The van der Waals surface area contributed by atoms with Gasteiger partial charge in [-0.15, -0.1) is 0 Å². The number of H-pyrrole nitrogens is 1. The Kier molecular flexibility index (Phi) is 2.78. The fraction of sp³-hybridized carbons (Fsp3) is 0.235. The molecule has 4 rings (SSSR count). The number of aromatic amines is 1. The normalized spacial score (nSPS) is 17.0. The van der Waals surface area contributed by atoms with Gasteiger partial charge in [-0.2, -0.15) is 10.4 Å². The lowest BCUT2D eigenvalue weighted by atomic mass is 9.82. The highest BCUT2D eigenvalue weighted by Crippen LogP contribution is 2.43. The molecule has 1 aliphatic rings. The lowest BCUT2D eigenvalue weighted by Gasteiger charge is -2.24. The monoisotopic (exact) mass is 305 g/mol. The summed E-state index contributed by atoms with van der Waals surface area (Å²) in [6.07, 6.45) is 0.